The van der Waals surface area contributed by atoms with Gasteiger partial charge in [-0.05, 0) is 51.0 Å². The molecular weight excluding hydrogens is 557 g/mol. The molecule has 0 atom stereocenters. The van der Waals surface area contributed by atoms with E-state index in [1.807, 2.05) is 6.07 Å². The zero-order valence-corrected chi connectivity index (χ0v) is 24.0. The normalized spacial score (nSPS) is 21.0. The molecule has 0 radical (unpaired) electrons. The molecule has 4 N–H and O–H groups in total. The molecule has 1 aliphatic heterocycles. The van der Waals surface area contributed by atoms with E-state index < -0.39 is 17.8 Å². The molecule has 0 unspecified atom stereocenters. The Hall–Kier alpha value is -4.04. The summed E-state index contributed by atoms with van der Waals surface area (Å²) < 4.78 is 21.0. The third kappa shape index (κ3) is 7.13. The Morgan fingerprint density at radius 2 is 1.79 bits per heavy atom. The number of hydrogen-bond acceptors (Lipinski definition) is 9. The summed E-state index contributed by atoms with van der Waals surface area (Å²) in [5, 5.41) is 24.2. The molecule has 2 aliphatic carbocycles. The monoisotopic (exact) mass is 595 g/mol. The second kappa shape index (κ2) is 13.1. The van der Waals surface area contributed by atoms with Crippen molar-refractivity contribution in [2.45, 2.75) is 63.1 Å². The van der Waals surface area contributed by atoms with Gasteiger partial charge in [-0.3, -0.25) is 14.7 Å². The van der Waals surface area contributed by atoms with Crippen molar-refractivity contribution in [3.8, 4) is 0 Å². The maximum absolute atomic E-state index is 14.1. The predicted molar refractivity (Wildman–Crippen MR) is 158 cm³/mol. The minimum absolute atomic E-state index is 0.0136. The number of nitrogens with one attached hydrogen (secondary N) is 3. The van der Waals surface area contributed by atoms with Crippen molar-refractivity contribution in [2.75, 3.05) is 55.3 Å². The number of carbonyl (C=O) groups excluding carboxylic acids is 1. The Labute approximate surface area is 248 Å². The molecule has 2 amide bonds. The van der Waals surface area contributed by atoms with Crippen LogP contribution in [-0.4, -0.2) is 104 Å². The first-order valence-electron chi connectivity index (χ1n) is 15.1. The number of nitrogens with zero attached hydrogens (tertiary/aromatic N) is 6. The molecule has 1 saturated heterocycles. The Balaban J connectivity index is 1.11. The Morgan fingerprint density at radius 3 is 2.51 bits per heavy atom. The molecule has 43 heavy (non-hydrogen) atoms. The highest BCUT2D eigenvalue weighted by Gasteiger charge is 2.30. The van der Waals surface area contributed by atoms with E-state index in [0.717, 1.165) is 89.7 Å². The number of ether oxygens (including phenoxy) is 1. The van der Waals surface area contributed by atoms with Crippen molar-refractivity contribution < 1.29 is 23.8 Å². The van der Waals surface area contributed by atoms with Crippen LogP contribution in [-0.2, 0) is 4.74 Å². The summed E-state index contributed by atoms with van der Waals surface area (Å²) in [6.45, 7) is 4.67. The number of carbonyl (C=O) groups is 2. The summed E-state index contributed by atoms with van der Waals surface area (Å²) in [4.78, 5) is 37.3. The van der Waals surface area contributed by atoms with Crippen molar-refractivity contribution in [2.24, 2.45) is 0 Å². The lowest BCUT2D eigenvalue weighted by atomic mass is 9.90. The van der Waals surface area contributed by atoms with Crippen LogP contribution in [0.3, 0.4) is 0 Å². The molecule has 230 valence electrons. The zero-order valence-electron chi connectivity index (χ0n) is 24.0. The van der Waals surface area contributed by atoms with Gasteiger partial charge in [0, 0.05) is 56.6 Å². The summed E-state index contributed by atoms with van der Waals surface area (Å²) in [6.07, 6.45) is 9.04. The van der Waals surface area contributed by atoms with Gasteiger partial charge in [-0.2, -0.15) is 0 Å². The van der Waals surface area contributed by atoms with E-state index in [-0.39, 0.29) is 23.5 Å². The molecule has 3 fully saturated rings. The lowest BCUT2D eigenvalue weighted by molar-refractivity contribution is 0.0349. The quantitative estimate of drug-likeness (QED) is 0.259. The Morgan fingerprint density at radius 1 is 1.05 bits per heavy atom. The van der Waals surface area contributed by atoms with E-state index in [1.54, 1.807) is 4.90 Å². The number of amides is 2. The average molecular weight is 596 g/mol. The van der Waals surface area contributed by atoms with E-state index in [1.165, 1.54) is 23.0 Å². The van der Waals surface area contributed by atoms with Crippen molar-refractivity contribution in [3.63, 3.8) is 0 Å². The first-order chi connectivity index (χ1) is 20.9. The zero-order chi connectivity index (χ0) is 29.8. The number of pyridine rings is 1. The summed E-state index contributed by atoms with van der Waals surface area (Å²) in [5.41, 5.74) is 1.47. The maximum atomic E-state index is 14.1. The van der Waals surface area contributed by atoms with E-state index >= 15 is 0 Å². The smallest absolute Gasteiger partial charge is 0.407 e. The SMILES string of the molecule is O=C(Nc1ccncc1F)c1cnc2c(NC3CC3)cc(NC3CCC(N(CCCN4CCOCC4)C(=O)O)CC3)nn12. The summed E-state index contributed by atoms with van der Waals surface area (Å²) in [6, 6.07) is 3.74. The van der Waals surface area contributed by atoms with Gasteiger partial charge < -0.3 is 30.7 Å². The molecule has 2 saturated carbocycles. The van der Waals surface area contributed by atoms with Crippen molar-refractivity contribution in [1.82, 2.24) is 29.4 Å². The molecule has 3 aromatic rings. The summed E-state index contributed by atoms with van der Waals surface area (Å²) in [5.74, 6) is -0.588. The largest absolute Gasteiger partial charge is 0.465 e. The van der Waals surface area contributed by atoms with Crippen LogP contribution >= 0.6 is 0 Å². The van der Waals surface area contributed by atoms with Gasteiger partial charge >= 0.3 is 6.09 Å². The third-order valence-electron chi connectivity index (χ3n) is 8.37. The van der Waals surface area contributed by atoms with Crippen LogP contribution in [0.25, 0.3) is 5.65 Å². The second-order valence-electron chi connectivity index (χ2n) is 11.5. The van der Waals surface area contributed by atoms with Gasteiger partial charge in [-0.1, -0.05) is 0 Å². The fourth-order valence-electron chi connectivity index (χ4n) is 5.88. The van der Waals surface area contributed by atoms with Crippen LogP contribution < -0.4 is 16.0 Å². The number of anilines is 3. The molecule has 6 rings (SSSR count). The minimum Gasteiger partial charge on any atom is -0.465 e. The van der Waals surface area contributed by atoms with Gasteiger partial charge in [0.2, 0.25) is 0 Å². The standard InChI is InChI=1S/C29H38FN9O4/c30-22-17-31-9-8-23(22)35-28(40)25-18-32-27-24(33-19-2-3-19)16-26(36-39(25)27)34-20-4-6-21(7-5-20)38(29(41)42)11-1-10-37-12-14-43-15-13-37/h8-9,16-21,33H,1-7,10-15H2,(H,34,36)(H,41,42)(H,31,35,40). The van der Waals surface area contributed by atoms with Crippen LogP contribution in [0.2, 0.25) is 0 Å². The fourth-order valence-corrected chi connectivity index (χ4v) is 5.88. The van der Waals surface area contributed by atoms with Crippen LogP contribution in [0.5, 0.6) is 0 Å². The third-order valence-corrected chi connectivity index (χ3v) is 8.37. The van der Waals surface area contributed by atoms with Gasteiger partial charge in [0.05, 0.1) is 37.0 Å². The topological polar surface area (TPSA) is 149 Å². The first-order valence-corrected chi connectivity index (χ1v) is 15.1. The minimum atomic E-state index is -0.862. The number of morpholine rings is 1. The van der Waals surface area contributed by atoms with E-state index in [0.29, 0.717) is 24.1 Å². The highest BCUT2D eigenvalue weighted by atomic mass is 19.1. The van der Waals surface area contributed by atoms with Crippen LogP contribution in [0.1, 0.15) is 55.4 Å². The predicted octanol–water partition coefficient (Wildman–Crippen LogP) is 3.52. The number of imidazole rings is 1. The number of hydrogen-bond donors (Lipinski definition) is 4. The van der Waals surface area contributed by atoms with E-state index in [9.17, 15) is 19.1 Å². The second-order valence-corrected chi connectivity index (χ2v) is 11.5. The molecule has 3 aromatic heterocycles. The highest BCUT2D eigenvalue weighted by Crippen LogP contribution is 2.31. The molecule has 3 aliphatic rings. The summed E-state index contributed by atoms with van der Waals surface area (Å²) in [7, 11) is 0. The molecular formula is C29H38FN9O4. The molecule has 0 aromatic carbocycles. The van der Waals surface area contributed by atoms with Crippen molar-refractivity contribution in [1.29, 1.82) is 0 Å². The lowest BCUT2D eigenvalue weighted by Gasteiger charge is -2.36. The van der Waals surface area contributed by atoms with E-state index in [2.05, 4.69) is 35.9 Å². The molecule has 0 spiro atoms. The fraction of sp³-hybridized carbons (Fsp3) is 0.552. The van der Waals surface area contributed by atoms with E-state index in [4.69, 9.17) is 4.74 Å². The van der Waals surface area contributed by atoms with Crippen molar-refractivity contribution >= 4 is 34.8 Å². The van der Waals surface area contributed by atoms with Gasteiger partial charge in [-0.25, -0.2) is 18.7 Å². The summed E-state index contributed by atoms with van der Waals surface area (Å²) >= 11 is 0. The maximum Gasteiger partial charge on any atom is 0.407 e. The van der Waals surface area contributed by atoms with Gasteiger partial charge in [0.25, 0.3) is 5.91 Å². The van der Waals surface area contributed by atoms with Crippen LogP contribution in [0.15, 0.2) is 30.7 Å². The number of halogens is 1. The average Bonchev–Trinajstić information content (AvgIpc) is 3.72. The number of rotatable bonds is 11. The van der Waals surface area contributed by atoms with Crippen molar-refractivity contribution in [3.05, 3.63) is 42.2 Å². The lowest BCUT2D eigenvalue weighted by Crippen LogP contribution is -2.45. The molecule has 14 heteroatoms. The van der Waals surface area contributed by atoms with Gasteiger partial charge in [-0.15, -0.1) is 5.10 Å². The molecule has 13 nitrogen and oxygen atoms in total. The first kappa shape index (κ1) is 29.1. The number of fused-ring (bicyclic) bond motifs is 1. The number of carboxylic acid groups (broad SMARTS) is 1. The van der Waals surface area contributed by atoms with Gasteiger partial charge in [0.15, 0.2) is 17.2 Å². The Kier molecular flexibility index (Phi) is 8.84. The van der Waals surface area contributed by atoms with Crippen LogP contribution in [0.4, 0.5) is 26.4 Å². The highest BCUT2D eigenvalue weighted by molar-refractivity contribution is 6.03. The van der Waals surface area contributed by atoms with Gasteiger partial charge in [0.1, 0.15) is 5.82 Å². The Bertz CT molecular complexity index is 1430. The molecule has 0 bridgehead atoms. The number of aromatic nitrogens is 4. The van der Waals surface area contributed by atoms with Crippen LogP contribution in [0, 0.1) is 5.82 Å². The molecule has 4 heterocycles.